The van der Waals surface area contributed by atoms with Gasteiger partial charge >= 0.3 is 5.97 Å². The van der Waals surface area contributed by atoms with Crippen molar-refractivity contribution in [2.75, 3.05) is 38.3 Å². The number of morpholine rings is 1. The minimum atomic E-state index is -0.463. The van der Waals surface area contributed by atoms with Crippen molar-refractivity contribution in [1.29, 1.82) is 0 Å². The summed E-state index contributed by atoms with van der Waals surface area (Å²) in [4.78, 5) is 14.9. The first-order chi connectivity index (χ1) is 14.2. The smallest absolute Gasteiger partial charge is 0.359 e. The lowest BCUT2D eigenvalue weighted by Gasteiger charge is -2.26. The van der Waals surface area contributed by atoms with Crippen LogP contribution in [0, 0.1) is 6.92 Å². The molecule has 1 heterocycles. The molecule has 1 saturated heterocycles. The first-order valence-electron chi connectivity index (χ1n) is 9.84. The van der Waals surface area contributed by atoms with Gasteiger partial charge < -0.3 is 14.4 Å². The van der Waals surface area contributed by atoms with E-state index < -0.39 is 5.97 Å². The molecule has 2 aromatic carbocycles. The van der Waals surface area contributed by atoms with Gasteiger partial charge in [0.05, 0.1) is 25.5 Å². The Morgan fingerprint density at radius 2 is 1.83 bits per heavy atom. The summed E-state index contributed by atoms with van der Waals surface area (Å²) in [6, 6.07) is 17.6. The number of hydrogen-bond donors (Lipinski definition) is 1. The van der Waals surface area contributed by atoms with Crippen LogP contribution in [0.3, 0.4) is 0 Å². The highest BCUT2D eigenvalue weighted by Gasteiger charge is 2.22. The van der Waals surface area contributed by atoms with Crippen LogP contribution in [-0.4, -0.2) is 49.5 Å². The average molecular weight is 393 g/mol. The number of benzene rings is 2. The number of aryl methyl sites for hydroxylation is 1. The molecule has 3 rings (SSSR count). The number of rotatable bonds is 7. The molecule has 0 bridgehead atoms. The molecule has 0 radical (unpaired) electrons. The number of carbonyl (C=O) groups excluding carboxylic acids is 1. The first-order valence-corrected chi connectivity index (χ1v) is 9.84. The van der Waals surface area contributed by atoms with Crippen molar-refractivity contribution in [3.63, 3.8) is 0 Å². The second-order valence-electron chi connectivity index (χ2n) is 6.72. The zero-order valence-electron chi connectivity index (χ0n) is 16.9. The SMILES string of the molecule is CCOC(=O)C(=NNc1ccc(C)cc1)C(=CN1CCOCC1)c1ccccc1. The summed E-state index contributed by atoms with van der Waals surface area (Å²) in [5.74, 6) is -0.463. The first kappa shape index (κ1) is 20.6. The molecule has 1 fully saturated rings. The lowest BCUT2D eigenvalue weighted by atomic mass is 10.0. The quantitative estimate of drug-likeness (QED) is 0.441. The minimum Gasteiger partial charge on any atom is -0.461 e. The zero-order chi connectivity index (χ0) is 20.5. The zero-order valence-corrected chi connectivity index (χ0v) is 16.9. The van der Waals surface area contributed by atoms with Gasteiger partial charge in [-0.2, -0.15) is 5.10 Å². The Hall–Kier alpha value is -3.12. The summed E-state index contributed by atoms with van der Waals surface area (Å²) in [5.41, 5.74) is 6.81. The monoisotopic (exact) mass is 393 g/mol. The van der Waals surface area contributed by atoms with Gasteiger partial charge in [0.25, 0.3) is 0 Å². The molecule has 2 aromatic rings. The Bertz CT molecular complexity index is 855. The predicted octanol–water partition coefficient (Wildman–Crippen LogP) is 3.70. The summed E-state index contributed by atoms with van der Waals surface area (Å²) in [6.45, 7) is 6.93. The van der Waals surface area contributed by atoms with E-state index in [0.717, 1.165) is 29.9 Å². The van der Waals surface area contributed by atoms with Gasteiger partial charge in [0.2, 0.25) is 0 Å². The van der Waals surface area contributed by atoms with E-state index in [1.54, 1.807) is 6.92 Å². The van der Waals surface area contributed by atoms with Crippen LogP contribution in [-0.2, 0) is 14.3 Å². The van der Waals surface area contributed by atoms with Gasteiger partial charge in [0.15, 0.2) is 5.71 Å². The molecule has 1 aliphatic rings. The van der Waals surface area contributed by atoms with Crippen LogP contribution < -0.4 is 5.43 Å². The van der Waals surface area contributed by atoms with Crippen LogP contribution in [0.4, 0.5) is 5.69 Å². The summed E-state index contributed by atoms with van der Waals surface area (Å²) in [7, 11) is 0. The third kappa shape index (κ3) is 5.93. The highest BCUT2D eigenvalue weighted by Crippen LogP contribution is 2.20. The van der Waals surface area contributed by atoms with Crippen LogP contribution in [0.15, 0.2) is 65.9 Å². The molecule has 0 aromatic heterocycles. The fourth-order valence-corrected chi connectivity index (χ4v) is 2.94. The normalized spacial score (nSPS) is 15.2. The van der Waals surface area contributed by atoms with Crippen LogP contribution in [0.5, 0.6) is 0 Å². The Morgan fingerprint density at radius 3 is 2.48 bits per heavy atom. The van der Waals surface area contributed by atoms with Crippen molar-refractivity contribution in [1.82, 2.24) is 4.90 Å². The Kier molecular flexibility index (Phi) is 7.41. The van der Waals surface area contributed by atoms with Gasteiger partial charge in [-0.05, 0) is 31.5 Å². The molecule has 6 nitrogen and oxygen atoms in total. The van der Waals surface area contributed by atoms with Gasteiger partial charge in [-0.25, -0.2) is 4.79 Å². The van der Waals surface area contributed by atoms with Crippen molar-refractivity contribution in [2.24, 2.45) is 5.10 Å². The lowest BCUT2D eigenvalue weighted by molar-refractivity contribution is -0.134. The molecule has 29 heavy (non-hydrogen) atoms. The summed E-state index contributed by atoms with van der Waals surface area (Å²) in [6.07, 6.45) is 1.98. The van der Waals surface area contributed by atoms with Gasteiger partial charge in [-0.15, -0.1) is 0 Å². The average Bonchev–Trinajstić information content (AvgIpc) is 2.76. The number of anilines is 1. The number of ether oxygens (including phenoxy) is 2. The maximum Gasteiger partial charge on any atom is 0.359 e. The largest absolute Gasteiger partial charge is 0.461 e. The Labute approximate surface area is 171 Å². The van der Waals surface area contributed by atoms with Gasteiger partial charge in [-0.1, -0.05) is 48.0 Å². The van der Waals surface area contributed by atoms with Crippen molar-refractivity contribution in [2.45, 2.75) is 13.8 Å². The van der Waals surface area contributed by atoms with Gasteiger partial charge in [-0.3, -0.25) is 5.43 Å². The van der Waals surface area contributed by atoms with Crippen molar-refractivity contribution in [3.8, 4) is 0 Å². The highest BCUT2D eigenvalue weighted by molar-refractivity contribution is 6.54. The van der Waals surface area contributed by atoms with E-state index in [4.69, 9.17) is 9.47 Å². The third-order valence-corrected chi connectivity index (χ3v) is 4.51. The number of nitrogens with zero attached hydrogens (tertiary/aromatic N) is 2. The highest BCUT2D eigenvalue weighted by atomic mass is 16.5. The summed E-state index contributed by atoms with van der Waals surface area (Å²) < 4.78 is 10.8. The Balaban J connectivity index is 1.99. The molecule has 0 saturated carbocycles. The lowest BCUT2D eigenvalue weighted by Crippen LogP contribution is -2.33. The topological polar surface area (TPSA) is 63.2 Å². The molecule has 1 aliphatic heterocycles. The maximum atomic E-state index is 12.8. The molecule has 0 unspecified atom stereocenters. The van der Waals surface area contributed by atoms with Crippen molar-refractivity contribution >= 4 is 22.9 Å². The summed E-state index contributed by atoms with van der Waals surface area (Å²) in [5, 5.41) is 4.45. The molecule has 0 amide bonds. The number of hydrazone groups is 1. The maximum absolute atomic E-state index is 12.8. The number of hydrogen-bond acceptors (Lipinski definition) is 6. The molecular weight excluding hydrogens is 366 g/mol. The van der Waals surface area contributed by atoms with Gasteiger partial charge in [0.1, 0.15) is 0 Å². The van der Waals surface area contributed by atoms with E-state index in [2.05, 4.69) is 15.4 Å². The molecule has 0 spiro atoms. The third-order valence-electron chi connectivity index (χ3n) is 4.51. The van der Waals surface area contributed by atoms with E-state index in [9.17, 15) is 4.79 Å². The minimum absolute atomic E-state index is 0.241. The van der Waals surface area contributed by atoms with E-state index >= 15 is 0 Å². The molecule has 0 atom stereocenters. The fraction of sp³-hybridized carbons (Fsp3) is 0.304. The van der Waals surface area contributed by atoms with Crippen LogP contribution in [0.2, 0.25) is 0 Å². The molecule has 152 valence electrons. The van der Waals surface area contributed by atoms with E-state index in [-0.39, 0.29) is 12.3 Å². The predicted molar refractivity (Wildman–Crippen MR) is 116 cm³/mol. The standard InChI is InChI=1S/C23H27N3O3/c1-3-29-23(27)22(25-24-20-11-9-18(2)10-12-20)21(19-7-5-4-6-8-19)17-26-13-15-28-16-14-26/h4-12,17,24H,3,13-16H2,1-2H3. The molecule has 6 heteroatoms. The summed E-state index contributed by atoms with van der Waals surface area (Å²) >= 11 is 0. The van der Waals surface area contributed by atoms with E-state index in [1.807, 2.05) is 67.7 Å². The number of carbonyl (C=O) groups is 1. The number of nitrogens with one attached hydrogen (secondary N) is 1. The molecule has 0 aliphatic carbocycles. The van der Waals surface area contributed by atoms with Crippen LogP contribution in [0.1, 0.15) is 18.1 Å². The number of esters is 1. The van der Waals surface area contributed by atoms with Crippen molar-refractivity contribution < 1.29 is 14.3 Å². The Morgan fingerprint density at radius 1 is 1.14 bits per heavy atom. The van der Waals surface area contributed by atoms with Gasteiger partial charge in [0, 0.05) is 24.9 Å². The second kappa shape index (κ2) is 10.4. The second-order valence-corrected chi connectivity index (χ2v) is 6.72. The fourth-order valence-electron chi connectivity index (χ4n) is 2.94. The van der Waals surface area contributed by atoms with E-state index in [1.165, 1.54) is 0 Å². The van der Waals surface area contributed by atoms with E-state index in [0.29, 0.717) is 18.8 Å². The van der Waals surface area contributed by atoms with Crippen molar-refractivity contribution in [3.05, 3.63) is 71.9 Å². The van der Waals surface area contributed by atoms with Crippen LogP contribution >= 0.6 is 0 Å². The molecular formula is C23H27N3O3. The van der Waals surface area contributed by atoms with Crippen LogP contribution in [0.25, 0.3) is 5.57 Å². The molecule has 1 N–H and O–H groups in total.